The van der Waals surface area contributed by atoms with E-state index >= 15 is 0 Å². The summed E-state index contributed by atoms with van der Waals surface area (Å²) in [5.74, 6) is 3.62. The molecule has 73 heavy (non-hydrogen) atoms. The third-order valence-electron chi connectivity index (χ3n) is 14.4. The Hall–Kier alpha value is -8.54. The van der Waals surface area contributed by atoms with Gasteiger partial charge in [0.05, 0.1) is 22.4 Å². The molecule has 0 saturated heterocycles. The van der Waals surface area contributed by atoms with E-state index in [2.05, 4.69) is 70.3 Å². The zero-order valence-electron chi connectivity index (χ0n) is 41.9. The maximum Gasteiger partial charge on any atom is 0.266 e. The SMILES string of the molecule is CNC(=O)c1ccc(OC2=CCC(C)(C(C)(C)c3ccc(Oc4ccc5c(c4)C(=O)N(c4ccc(Oc6ccc(C(C)(C)c7ccc(Oc8ccc(C(C)N)cc8)cc7)cc6)cc4)C5=O)cc3)C=C2)cc1C=O. The van der Waals surface area contributed by atoms with Gasteiger partial charge in [-0.2, -0.15) is 0 Å². The second kappa shape index (κ2) is 19.9. The van der Waals surface area contributed by atoms with Crippen molar-refractivity contribution in [3.63, 3.8) is 0 Å². The van der Waals surface area contributed by atoms with Gasteiger partial charge in [0.1, 0.15) is 46.0 Å². The molecule has 7 aromatic carbocycles. The molecule has 11 heteroatoms. The summed E-state index contributed by atoms with van der Waals surface area (Å²) in [5.41, 5.74) is 11.0. The first-order valence-electron chi connectivity index (χ1n) is 24.2. The highest BCUT2D eigenvalue weighted by molar-refractivity contribution is 6.34. The number of nitrogens with zero attached hydrogens (tertiary/aromatic N) is 1. The Morgan fingerprint density at radius 1 is 0.630 bits per heavy atom. The Morgan fingerprint density at radius 3 is 1.60 bits per heavy atom. The van der Waals surface area contributed by atoms with E-state index in [4.69, 9.17) is 24.7 Å². The van der Waals surface area contributed by atoms with Gasteiger partial charge in [0.25, 0.3) is 17.7 Å². The van der Waals surface area contributed by atoms with E-state index < -0.39 is 11.8 Å². The smallest absolute Gasteiger partial charge is 0.266 e. The minimum absolute atomic E-state index is 0.0338. The maximum atomic E-state index is 13.8. The lowest BCUT2D eigenvalue weighted by Gasteiger charge is -2.44. The molecule has 1 heterocycles. The van der Waals surface area contributed by atoms with Crippen molar-refractivity contribution in [1.29, 1.82) is 0 Å². The van der Waals surface area contributed by atoms with E-state index in [1.54, 1.807) is 60.7 Å². The number of carbonyl (C=O) groups excluding carboxylic acids is 4. The predicted molar refractivity (Wildman–Crippen MR) is 284 cm³/mol. The van der Waals surface area contributed by atoms with Crippen LogP contribution >= 0.6 is 0 Å². The molecule has 0 saturated carbocycles. The second-order valence-corrected chi connectivity index (χ2v) is 19.7. The zero-order chi connectivity index (χ0) is 51.7. The van der Waals surface area contributed by atoms with Crippen molar-refractivity contribution in [2.75, 3.05) is 11.9 Å². The van der Waals surface area contributed by atoms with Crippen molar-refractivity contribution in [2.45, 2.75) is 64.8 Å². The first-order valence-corrected chi connectivity index (χ1v) is 24.2. The summed E-state index contributed by atoms with van der Waals surface area (Å²) in [6.07, 6.45) is 7.45. The fourth-order valence-corrected chi connectivity index (χ4v) is 9.18. The van der Waals surface area contributed by atoms with Crippen molar-refractivity contribution in [3.05, 3.63) is 226 Å². The number of allylic oxidation sites excluding steroid dienone is 3. The number of amides is 3. The van der Waals surface area contributed by atoms with Crippen molar-refractivity contribution in [3.8, 4) is 40.2 Å². The van der Waals surface area contributed by atoms with Crippen molar-refractivity contribution in [2.24, 2.45) is 11.1 Å². The largest absolute Gasteiger partial charge is 0.458 e. The molecule has 9 rings (SSSR count). The fourth-order valence-electron chi connectivity index (χ4n) is 9.18. The van der Waals surface area contributed by atoms with Crippen LogP contribution in [0.15, 0.2) is 182 Å². The summed E-state index contributed by atoms with van der Waals surface area (Å²) in [6, 6.07) is 48.4. The Bertz CT molecular complexity index is 3280. The van der Waals surface area contributed by atoms with Gasteiger partial charge in [-0.15, -0.1) is 0 Å². The van der Waals surface area contributed by atoms with Crippen LogP contribution < -0.4 is 34.9 Å². The molecule has 0 spiro atoms. The number of fused-ring (bicyclic) bond motifs is 1. The monoisotopic (exact) mass is 971 g/mol. The molecule has 2 aliphatic rings. The molecule has 11 nitrogen and oxygen atoms in total. The number of hydrogen-bond acceptors (Lipinski definition) is 9. The van der Waals surface area contributed by atoms with Crippen LogP contribution in [0, 0.1) is 5.41 Å². The predicted octanol–water partition coefficient (Wildman–Crippen LogP) is 13.6. The molecule has 2 atom stereocenters. The molecule has 2 unspecified atom stereocenters. The quantitative estimate of drug-likeness (QED) is 0.0713. The molecule has 368 valence electrons. The average Bonchev–Trinajstić information content (AvgIpc) is 3.64. The van der Waals surface area contributed by atoms with E-state index in [0.717, 1.165) is 33.8 Å². The number of rotatable bonds is 16. The molecule has 3 N–H and O–H groups in total. The molecule has 0 fully saturated rings. The maximum absolute atomic E-state index is 13.8. The molecule has 1 aliphatic heterocycles. The van der Waals surface area contributed by atoms with Gasteiger partial charge < -0.3 is 30.0 Å². The molecule has 0 bridgehead atoms. The van der Waals surface area contributed by atoms with Gasteiger partial charge in [-0.25, -0.2) is 4.90 Å². The van der Waals surface area contributed by atoms with Crippen LogP contribution in [-0.4, -0.2) is 31.1 Å². The minimum Gasteiger partial charge on any atom is -0.458 e. The number of benzene rings is 7. The molecule has 1 aliphatic carbocycles. The Balaban J connectivity index is 0.792. The average molecular weight is 972 g/mol. The number of aldehydes is 1. The zero-order valence-corrected chi connectivity index (χ0v) is 41.9. The summed E-state index contributed by atoms with van der Waals surface area (Å²) in [5, 5.41) is 2.54. The molecular formula is C62H57N3O8. The summed E-state index contributed by atoms with van der Waals surface area (Å²) in [4.78, 5) is 52.4. The number of nitrogens with two attached hydrogens (primary N) is 1. The van der Waals surface area contributed by atoms with Crippen LogP contribution in [0.5, 0.6) is 40.2 Å². The van der Waals surface area contributed by atoms with Crippen molar-refractivity contribution < 1.29 is 38.1 Å². The van der Waals surface area contributed by atoms with Crippen LogP contribution in [0.2, 0.25) is 0 Å². The molecule has 0 aromatic heterocycles. The molecular weight excluding hydrogens is 915 g/mol. The summed E-state index contributed by atoms with van der Waals surface area (Å²) >= 11 is 0. The van der Waals surface area contributed by atoms with E-state index in [1.807, 2.05) is 91.9 Å². The highest BCUT2D eigenvalue weighted by Gasteiger charge is 2.41. The number of nitrogens with one attached hydrogen (secondary N) is 1. The Labute approximate surface area is 425 Å². The highest BCUT2D eigenvalue weighted by Crippen LogP contribution is 2.48. The van der Waals surface area contributed by atoms with Crippen LogP contribution in [0.4, 0.5) is 5.69 Å². The minimum atomic E-state index is -0.440. The van der Waals surface area contributed by atoms with Gasteiger partial charge in [0, 0.05) is 24.1 Å². The number of carbonyl (C=O) groups is 4. The normalized spacial score (nSPS) is 15.8. The van der Waals surface area contributed by atoms with Gasteiger partial charge in [-0.1, -0.05) is 89.2 Å². The topological polar surface area (TPSA) is 146 Å². The third kappa shape index (κ3) is 10.0. The van der Waals surface area contributed by atoms with Gasteiger partial charge >= 0.3 is 0 Å². The van der Waals surface area contributed by atoms with Crippen molar-refractivity contribution >= 4 is 29.7 Å². The van der Waals surface area contributed by atoms with E-state index in [0.29, 0.717) is 58.5 Å². The van der Waals surface area contributed by atoms with Crippen LogP contribution in [0.1, 0.15) is 118 Å². The number of anilines is 1. The fraction of sp³-hybridized carbons (Fsp3) is 0.194. The standard InChI is InChI=1S/C62H57N3O8/c1-39(63)40-8-18-46(19-9-40)70-47-20-10-42(11-21-47)60(2,3)43-12-22-48(23-13-43)71-50-26-16-45(17-27-50)65-58(68)55-31-29-53(37-56(55)59(65)69)72-49-24-14-44(15-25-49)61(4,5)62(6)34-32-51(33-35-62)73-52-28-30-54(57(67)64-7)41(36-52)38-66/h8-34,36-39H,35,63H2,1-7H3,(H,64,67). The van der Waals surface area contributed by atoms with Gasteiger partial charge in [-0.05, 0) is 168 Å². The van der Waals surface area contributed by atoms with E-state index in [9.17, 15) is 19.2 Å². The molecule has 3 amide bonds. The third-order valence-corrected chi connectivity index (χ3v) is 14.4. The van der Waals surface area contributed by atoms with Crippen LogP contribution in [0.25, 0.3) is 0 Å². The lowest BCUT2D eigenvalue weighted by molar-refractivity contribution is 0.0922. The molecule has 7 aromatic rings. The number of hydrogen-bond donors (Lipinski definition) is 2. The van der Waals surface area contributed by atoms with Crippen LogP contribution in [0.3, 0.4) is 0 Å². The van der Waals surface area contributed by atoms with E-state index in [1.165, 1.54) is 11.9 Å². The number of imide groups is 1. The van der Waals surface area contributed by atoms with Gasteiger partial charge in [-0.3, -0.25) is 19.2 Å². The lowest BCUT2D eigenvalue weighted by atomic mass is 9.60. The van der Waals surface area contributed by atoms with Gasteiger partial charge in [0.2, 0.25) is 0 Å². The molecule has 0 radical (unpaired) electrons. The summed E-state index contributed by atoms with van der Waals surface area (Å²) in [7, 11) is 1.52. The summed E-state index contributed by atoms with van der Waals surface area (Å²) < 4.78 is 24.6. The first kappa shape index (κ1) is 49.4. The van der Waals surface area contributed by atoms with Gasteiger partial charge in [0.15, 0.2) is 6.29 Å². The second-order valence-electron chi connectivity index (χ2n) is 19.7. The summed E-state index contributed by atoms with van der Waals surface area (Å²) in [6.45, 7) is 12.9. The van der Waals surface area contributed by atoms with Crippen LogP contribution in [-0.2, 0) is 10.8 Å². The van der Waals surface area contributed by atoms with Crippen molar-refractivity contribution in [1.82, 2.24) is 5.32 Å². The highest BCUT2D eigenvalue weighted by atomic mass is 16.5. The Morgan fingerprint density at radius 2 is 1.10 bits per heavy atom. The lowest BCUT2D eigenvalue weighted by Crippen LogP contribution is -2.38. The first-order chi connectivity index (χ1) is 35.0. The number of ether oxygens (including phenoxy) is 4. The van der Waals surface area contributed by atoms with E-state index in [-0.39, 0.29) is 44.9 Å². The Kier molecular flexibility index (Phi) is 13.5.